The van der Waals surface area contributed by atoms with Crippen molar-refractivity contribution in [2.45, 2.75) is 12.5 Å². The molecule has 1 saturated heterocycles. The van der Waals surface area contributed by atoms with Crippen molar-refractivity contribution in [3.8, 4) is 17.2 Å². The Morgan fingerprint density at radius 2 is 2.00 bits per heavy atom. The zero-order valence-corrected chi connectivity index (χ0v) is 10.9. The van der Waals surface area contributed by atoms with Gasteiger partial charge in [0.05, 0.1) is 25.5 Å². The number of hydrogen-bond acceptors (Lipinski definition) is 4. The lowest BCUT2D eigenvalue weighted by Crippen LogP contribution is -2.13. The summed E-state index contributed by atoms with van der Waals surface area (Å²) in [6, 6.07) is 7.95. The first-order valence-corrected chi connectivity index (χ1v) is 6.42. The van der Waals surface area contributed by atoms with Gasteiger partial charge in [0.15, 0.2) is 5.75 Å². The fourth-order valence-corrected chi connectivity index (χ4v) is 2.22. The number of rotatable bonds is 4. The maximum absolute atomic E-state index is 5.76. The van der Waals surface area contributed by atoms with E-state index >= 15 is 0 Å². The quantitative estimate of drug-likeness (QED) is 0.914. The van der Waals surface area contributed by atoms with Gasteiger partial charge in [-0.3, -0.25) is 4.68 Å². The zero-order chi connectivity index (χ0) is 13.1. The maximum Gasteiger partial charge on any atom is 0.165 e. The Bertz CT molecular complexity index is 530. The lowest BCUT2D eigenvalue weighted by Gasteiger charge is -2.07. The third kappa shape index (κ3) is 2.71. The van der Waals surface area contributed by atoms with Crippen molar-refractivity contribution in [2.75, 3.05) is 20.2 Å². The highest BCUT2D eigenvalue weighted by atomic mass is 16.5. The van der Waals surface area contributed by atoms with Crippen molar-refractivity contribution >= 4 is 0 Å². The van der Waals surface area contributed by atoms with E-state index < -0.39 is 0 Å². The number of nitrogens with zero attached hydrogens (tertiary/aromatic N) is 2. The molecule has 5 nitrogen and oxygen atoms in total. The smallest absolute Gasteiger partial charge is 0.165 e. The molecule has 1 atom stereocenters. The minimum Gasteiger partial charge on any atom is -0.497 e. The number of hydrogen-bond donors (Lipinski definition) is 1. The number of aromatic nitrogens is 2. The summed E-state index contributed by atoms with van der Waals surface area (Å²) in [5.74, 6) is 2.36. The van der Waals surface area contributed by atoms with Crippen LogP contribution in [-0.2, 0) is 0 Å². The molecular formula is C14H17N3O2. The lowest BCUT2D eigenvalue weighted by molar-refractivity contribution is 0.412. The van der Waals surface area contributed by atoms with Crippen molar-refractivity contribution in [3.63, 3.8) is 0 Å². The molecule has 100 valence electrons. The van der Waals surface area contributed by atoms with E-state index in [1.807, 2.05) is 35.1 Å². The molecule has 0 radical (unpaired) electrons. The van der Waals surface area contributed by atoms with E-state index in [1.54, 1.807) is 13.3 Å². The second-order valence-electron chi connectivity index (χ2n) is 4.58. The van der Waals surface area contributed by atoms with Gasteiger partial charge < -0.3 is 14.8 Å². The SMILES string of the molecule is COc1ccc(Oc2cnn(C3CCNC3)c2)cc1. The van der Waals surface area contributed by atoms with Crippen LogP contribution in [0, 0.1) is 0 Å². The summed E-state index contributed by atoms with van der Waals surface area (Å²) in [6.45, 7) is 2.03. The molecule has 1 aliphatic heterocycles. The summed E-state index contributed by atoms with van der Waals surface area (Å²) in [6.07, 6.45) is 4.81. The summed E-state index contributed by atoms with van der Waals surface area (Å²) in [5, 5.41) is 7.68. The van der Waals surface area contributed by atoms with Crippen LogP contribution in [0.1, 0.15) is 12.5 Å². The highest BCUT2D eigenvalue weighted by Crippen LogP contribution is 2.25. The predicted molar refractivity (Wildman–Crippen MR) is 71.8 cm³/mol. The molecule has 0 spiro atoms. The van der Waals surface area contributed by atoms with Crippen LogP contribution in [0.4, 0.5) is 0 Å². The molecule has 0 bridgehead atoms. The predicted octanol–water partition coefficient (Wildman–Crippen LogP) is 2.22. The van der Waals surface area contributed by atoms with Crippen LogP contribution in [-0.4, -0.2) is 30.0 Å². The molecule has 1 unspecified atom stereocenters. The van der Waals surface area contributed by atoms with E-state index in [4.69, 9.17) is 9.47 Å². The zero-order valence-electron chi connectivity index (χ0n) is 10.9. The van der Waals surface area contributed by atoms with Gasteiger partial charge in [-0.05, 0) is 37.2 Å². The molecule has 0 aliphatic carbocycles. The number of methoxy groups -OCH3 is 1. The maximum atomic E-state index is 5.76. The summed E-state index contributed by atoms with van der Waals surface area (Å²) >= 11 is 0. The Balaban J connectivity index is 1.68. The molecule has 3 rings (SSSR count). The number of nitrogens with one attached hydrogen (secondary N) is 1. The number of benzene rings is 1. The second kappa shape index (κ2) is 5.32. The van der Waals surface area contributed by atoms with Crippen molar-refractivity contribution in [1.82, 2.24) is 15.1 Å². The summed E-state index contributed by atoms with van der Waals surface area (Å²) in [7, 11) is 1.65. The Kier molecular flexibility index (Phi) is 3.37. The van der Waals surface area contributed by atoms with Crippen LogP contribution in [0.5, 0.6) is 17.2 Å². The number of ether oxygens (including phenoxy) is 2. The Hall–Kier alpha value is -2.01. The van der Waals surface area contributed by atoms with Gasteiger partial charge in [0, 0.05) is 6.54 Å². The second-order valence-corrected chi connectivity index (χ2v) is 4.58. The Labute approximate surface area is 112 Å². The normalized spacial score (nSPS) is 18.5. The molecule has 1 aliphatic rings. The van der Waals surface area contributed by atoms with E-state index in [0.717, 1.165) is 36.8 Å². The molecule has 1 aromatic carbocycles. The summed E-state index contributed by atoms with van der Waals surface area (Å²) < 4.78 is 12.8. The summed E-state index contributed by atoms with van der Waals surface area (Å²) in [4.78, 5) is 0. The van der Waals surface area contributed by atoms with Gasteiger partial charge in [-0.25, -0.2) is 0 Å². The van der Waals surface area contributed by atoms with Crippen LogP contribution in [0.25, 0.3) is 0 Å². The average Bonchev–Trinajstić information content (AvgIpc) is 3.10. The van der Waals surface area contributed by atoms with Crippen molar-refractivity contribution in [1.29, 1.82) is 0 Å². The van der Waals surface area contributed by atoms with Gasteiger partial charge >= 0.3 is 0 Å². The lowest BCUT2D eigenvalue weighted by atomic mass is 10.3. The minimum atomic E-state index is 0.438. The fourth-order valence-electron chi connectivity index (χ4n) is 2.22. The van der Waals surface area contributed by atoms with Crippen LogP contribution < -0.4 is 14.8 Å². The molecule has 19 heavy (non-hydrogen) atoms. The minimum absolute atomic E-state index is 0.438. The van der Waals surface area contributed by atoms with E-state index in [1.165, 1.54) is 0 Å². The molecule has 2 heterocycles. The van der Waals surface area contributed by atoms with Crippen LogP contribution in [0.3, 0.4) is 0 Å². The molecule has 0 amide bonds. The van der Waals surface area contributed by atoms with Gasteiger partial charge in [-0.1, -0.05) is 0 Å². The highest BCUT2D eigenvalue weighted by molar-refractivity contribution is 5.34. The van der Waals surface area contributed by atoms with Gasteiger partial charge in [0.1, 0.15) is 11.5 Å². The van der Waals surface area contributed by atoms with Crippen molar-refractivity contribution in [2.24, 2.45) is 0 Å². The van der Waals surface area contributed by atoms with Gasteiger partial charge in [0.25, 0.3) is 0 Å². The molecule has 1 N–H and O–H groups in total. The van der Waals surface area contributed by atoms with Crippen LogP contribution in [0.2, 0.25) is 0 Å². The van der Waals surface area contributed by atoms with Crippen LogP contribution >= 0.6 is 0 Å². The fraction of sp³-hybridized carbons (Fsp3) is 0.357. The van der Waals surface area contributed by atoms with E-state index in [2.05, 4.69) is 10.4 Å². The molecule has 1 aromatic heterocycles. The van der Waals surface area contributed by atoms with Gasteiger partial charge in [0.2, 0.25) is 0 Å². The molecule has 2 aromatic rings. The van der Waals surface area contributed by atoms with Crippen molar-refractivity contribution in [3.05, 3.63) is 36.7 Å². The first kappa shape index (κ1) is 12.0. The van der Waals surface area contributed by atoms with Gasteiger partial charge in [-0.15, -0.1) is 0 Å². The molecule has 1 fully saturated rings. The first-order valence-electron chi connectivity index (χ1n) is 6.42. The third-order valence-electron chi connectivity index (χ3n) is 3.28. The monoisotopic (exact) mass is 259 g/mol. The molecule has 0 saturated carbocycles. The summed E-state index contributed by atoms with van der Waals surface area (Å²) in [5.41, 5.74) is 0. The van der Waals surface area contributed by atoms with E-state index in [-0.39, 0.29) is 0 Å². The van der Waals surface area contributed by atoms with E-state index in [9.17, 15) is 0 Å². The third-order valence-corrected chi connectivity index (χ3v) is 3.28. The highest BCUT2D eigenvalue weighted by Gasteiger charge is 2.17. The molecular weight excluding hydrogens is 242 g/mol. The first-order chi connectivity index (χ1) is 9.35. The van der Waals surface area contributed by atoms with Crippen molar-refractivity contribution < 1.29 is 9.47 Å². The average molecular weight is 259 g/mol. The van der Waals surface area contributed by atoms with E-state index in [0.29, 0.717) is 6.04 Å². The standard InChI is InChI=1S/C14H17N3O2/c1-18-12-2-4-13(5-3-12)19-14-9-16-17(10-14)11-6-7-15-8-11/h2-5,9-11,15H,6-8H2,1H3. The Morgan fingerprint density at radius 3 is 2.68 bits per heavy atom. The van der Waals surface area contributed by atoms with Crippen LogP contribution in [0.15, 0.2) is 36.7 Å². The Morgan fingerprint density at radius 1 is 1.21 bits per heavy atom. The largest absolute Gasteiger partial charge is 0.497 e. The van der Waals surface area contributed by atoms with Gasteiger partial charge in [-0.2, -0.15) is 5.10 Å². The molecule has 5 heteroatoms. The topological polar surface area (TPSA) is 48.3 Å².